The van der Waals surface area contributed by atoms with Gasteiger partial charge in [0, 0.05) is 36.8 Å². The third kappa shape index (κ3) is 4.19. The average molecular weight is 498 g/mol. The zero-order valence-corrected chi connectivity index (χ0v) is 19.9. The van der Waals surface area contributed by atoms with Crippen molar-refractivity contribution >= 4 is 32.8 Å². The van der Waals surface area contributed by atoms with Gasteiger partial charge in [-0.2, -0.15) is 0 Å². The molecule has 1 aliphatic carbocycles. The average Bonchev–Trinajstić information content (AvgIpc) is 3.28. The van der Waals surface area contributed by atoms with Crippen molar-refractivity contribution in [3.8, 4) is 5.75 Å². The molecule has 1 amide bonds. The van der Waals surface area contributed by atoms with Gasteiger partial charge in [0.15, 0.2) is 5.75 Å². The first-order valence-corrected chi connectivity index (χ1v) is 13.3. The van der Waals surface area contributed by atoms with Crippen LogP contribution >= 0.6 is 0 Å². The number of nitrogens with one attached hydrogen (secondary N) is 2. The van der Waals surface area contributed by atoms with Crippen LogP contribution in [0.5, 0.6) is 5.75 Å². The smallest absolute Gasteiger partial charge is 0.410 e. The number of aromatic nitrogens is 2. The molecule has 0 atom stereocenters. The number of benzene rings is 1. The van der Waals surface area contributed by atoms with Crippen molar-refractivity contribution in [1.29, 1.82) is 0 Å². The zero-order valence-electron chi connectivity index (χ0n) is 19.1. The van der Waals surface area contributed by atoms with Crippen molar-refractivity contribution < 1.29 is 22.7 Å². The quantitative estimate of drug-likeness (QED) is 0.536. The Morgan fingerprint density at radius 2 is 2.00 bits per heavy atom. The molecule has 2 aliphatic heterocycles. The molecule has 1 aromatic carbocycles. The number of aromatic amines is 1. The van der Waals surface area contributed by atoms with Crippen molar-refractivity contribution in [3.63, 3.8) is 0 Å². The summed E-state index contributed by atoms with van der Waals surface area (Å²) in [6.45, 7) is 1.80. The molecule has 10 nitrogen and oxygen atoms in total. The fourth-order valence-electron chi connectivity index (χ4n) is 4.97. The van der Waals surface area contributed by atoms with Gasteiger partial charge >= 0.3 is 6.09 Å². The van der Waals surface area contributed by atoms with Crippen LogP contribution in [0.3, 0.4) is 0 Å². The second-order valence-electron chi connectivity index (χ2n) is 9.31. The van der Waals surface area contributed by atoms with Crippen LogP contribution in [-0.2, 0) is 21.4 Å². The van der Waals surface area contributed by atoms with Gasteiger partial charge < -0.3 is 24.3 Å². The maximum atomic E-state index is 12.8. The number of nitrogens with zero attached hydrogens (tertiary/aromatic N) is 3. The van der Waals surface area contributed by atoms with Gasteiger partial charge in [0.1, 0.15) is 24.1 Å². The number of H-pyrrole nitrogens is 1. The molecule has 184 valence electrons. The second-order valence-corrected chi connectivity index (χ2v) is 11.3. The summed E-state index contributed by atoms with van der Waals surface area (Å²) in [7, 11) is -3.52. The summed E-state index contributed by atoms with van der Waals surface area (Å²) in [5.74, 6) is 0.765. The molecule has 1 saturated carbocycles. The van der Waals surface area contributed by atoms with Gasteiger partial charge in [0.2, 0.25) is 10.0 Å². The minimum Gasteiger partial charge on any atom is -0.488 e. The van der Waals surface area contributed by atoms with Crippen LogP contribution in [0.4, 0.5) is 10.5 Å². The number of carbonyl (C=O) groups is 1. The Labute approximate surface area is 203 Å². The number of fused-ring (bicyclic) bond motifs is 3. The molecule has 2 N–H and O–H groups in total. The second kappa shape index (κ2) is 8.72. The highest BCUT2D eigenvalue weighted by Gasteiger charge is 2.44. The highest BCUT2D eigenvalue weighted by molar-refractivity contribution is 7.90. The summed E-state index contributed by atoms with van der Waals surface area (Å²) in [6, 6.07) is 11.5. The number of pyridine rings is 1. The van der Waals surface area contributed by atoms with E-state index in [0.717, 1.165) is 47.4 Å². The number of sulfonamides is 1. The fraction of sp³-hybridized carbons (Fsp3) is 0.417. The van der Waals surface area contributed by atoms with Crippen LogP contribution < -0.4 is 14.4 Å². The molecule has 35 heavy (non-hydrogen) atoms. The Hall–Kier alpha value is -3.31. The molecule has 6 rings (SSSR count). The number of likely N-dealkylation sites (tertiary alicyclic amines) is 1. The van der Waals surface area contributed by atoms with Crippen molar-refractivity contribution in [1.82, 2.24) is 19.6 Å². The summed E-state index contributed by atoms with van der Waals surface area (Å²) in [5.41, 5.74) is 2.73. The lowest BCUT2D eigenvalue weighted by Crippen LogP contribution is -2.62. The normalized spacial score (nSPS) is 22.2. The Kier molecular flexibility index (Phi) is 5.53. The molecule has 3 aromatic rings. The van der Waals surface area contributed by atoms with Crippen molar-refractivity contribution in [2.45, 2.75) is 36.8 Å². The molecule has 0 radical (unpaired) electrons. The summed E-state index contributed by atoms with van der Waals surface area (Å²) in [5, 5.41) is 0.403. The third-order valence-electron chi connectivity index (χ3n) is 7.04. The van der Waals surface area contributed by atoms with Gasteiger partial charge in [-0.1, -0.05) is 30.3 Å². The topological polar surface area (TPSA) is 117 Å². The molecule has 1 saturated heterocycles. The molecule has 11 heteroatoms. The predicted molar refractivity (Wildman–Crippen MR) is 130 cm³/mol. The van der Waals surface area contributed by atoms with E-state index in [1.165, 1.54) is 4.90 Å². The van der Waals surface area contributed by atoms with Crippen LogP contribution in [0.1, 0.15) is 18.4 Å². The van der Waals surface area contributed by atoms with E-state index in [9.17, 15) is 13.2 Å². The van der Waals surface area contributed by atoms with Crippen LogP contribution in [0.15, 0.2) is 48.8 Å². The molecule has 2 aromatic heterocycles. The first-order valence-electron chi connectivity index (χ1n) is 11.8. The lowest BCUT2D eigenvalue weighted by atomic mass is 9.85. The zero-order chi connectivity index (χ0) is 24.0. The Bertz CT molecular complexity index is 1330. The number of amides is 1. The first kappa shape index (κ1) is 22.2. The van der Waals surface area contributed by atoms with Crippen LogP contribution in [0, 0.1) is 0 Å². The molecular formula is C24H27N5O5S. The molecule has 0 bridgehead atoms. The maximum absolute atomic E-state index is 12.8. The largest absolute Gasteiger partial charge is 0.488 e. The van der Waals surface area contributed by atoms with Crippen molar-refractivity contribution in [3.05, 3.63) is 54.4 Å². The molecule has 3 aliphatic rings. The maximum Gasteiger partial charge on any atom is 0.410 e. The fourth-order valence-corrected chi connectivity index (χ4v) is 6.57. The number of hydrogen-bond acceptors (Lipinski definition) is 7. The van der Waals surface area contributed by atoms with E-state index in [1.807, 2.05) is 42.6 Å². The molecule has 0 spiro atoms. The van der Waals surface area contributed by atoms with Crippen LogP contribution in [0.2, 0.25) is 0 Å². The van der Waals surface area contributed by atoms with E-state index in [0.29, 0.717) is 6.61 Å². The van der Waals surface area contributed by atoms with Gasteiger partial charge in [-0.25, -0.2) is 22.9 Å². The Morgan fingerprint density at radius 1 is 1.20 bits per heavy atom. The number of carbonyl (C=O) groups excluding carboxylic acids is 1. The Balaban J connectivity index is 1.01. The number of hydrogen-bond donors (Lipinski definition) is 2. The highest BCUT2D eigenvalue weighted by Crippen LogP contribution is 2.41. The van der Waals surface area contributed by atoms with Gasteiger partial charge in [-0.05, 0) is 24.5 Å². The number of ether oxygens (including phenoxy) is 2. The van der Waals surface area contributed by atoms with Crippen molar-refractivity contribution in [2.24, 2.45) is 0 Å². The van der Waals surface area contributed by atoms with Crippen LogP contribution in [-0.4, -0.2) is 73.0 Å². The van der Waals surface area contributed by atoms with E-state index < -0.39 is 21.4 Å². The summed E-state index contributed by atoms with van der Waals surface area (Å²) in [4.78, 5) is 23.5. The Morgan fingerprint density at radius 3 is 2.80 bits per heavy atom. The highest BCUT2D eigenvalue weighted by atomic mass is 32.2. The standard InChI is InChI=1S/C24H27N5O5S/c30-24(34-15-16-4-2-1-3-5-16)28-13-19(14-28)35(31,32)27-17-10-18(11-17)29-8-9-33-21-12-26-23-20(22(21)29)6-7-25-23/h1-7,12,17-19,27H,8-11,13-15H2,(H,25,26)/t17-,18+. The monoisotopic (exact) mass is 497 g/mol. The predicted octanol–water partition coefficient (Wildman–Crippen LogP) is 2.23. The van der Waals surface area contributed by atoms with E-state index in [4.69, 9.17) is 9.47 Å². The van der Waals surface area contributed by atoms with Gasteiger partial charge in [0.05, 0.1) is 18.4 Å². The van der Waals surface area contributed by atoms with E-state index in [2.05, 4.69) is 19.6 Å². The summed E-state index contributed by atoms with van der Waals surface area (Å²) < 4.78 is 39.7. The summed E-state index contributed by atoms with van der Waals surface area (Å²) in [6.07, 6.45) is 4.57. The van der Waals surface area contributed by atoms with Crippen molar-refractivity contribution in [2.75, 3.05) is 31.1 Å². The van der Waals surface area contributed by atoms with Gasteiger partial charge in [0.25, 0.3) is 0 Å². The summed E-state index contributed by atoms with van der Waals surface area (Å²) >= 11 is 0. The molecule has 4 heterocycles. The van der Waals surface area contributed by atoms with E-state index >= 15 is 0 Å². The van der Waals surface area contributed by atoms with Crippen LogP contribution in [0.25, 0.3) is 11.0 Å². The van der Waals surface area contributed by atoms with E-state index in [-0.39, 0.29) is 31.8 Å². The minimum absolute atomic E-state index is 0.112. The van der Waals surface area contributed by atoms with Gasteiger partial charge in [-0.15, -0.1) is 0 Å². The number of rotatable bonds is 6. The SMILES string of the molecule is O=C(OCc1ccccc1)N1CC(S(=O)(=O)N[C@H]2C[C@@H](N3CCOc4cnc5[nH]ccc5c43)C2)C1. The van der Waals surface area contributed by atoms with Gasteiger partial charge in [-0.3, -0.25) is 0 Å². The third-order valence-corrected chi connectivity index (χ3v) is 8.87. The molecular weight excluding hydrogens is 470 g/mol. The molecule has 0 unspecified atom stereocenters. The lowest BCUT2D eigenvalue weighted by Gasteiger charge is -2.47. The first-order chi connectivity index (χ1) is 17.0. The molecule has 2 fully saturated rings. The van der Waals surface area contributed by atoms with E-state index in [1.54, 1.807) is 6.20 Å². The number of anilines is 1. The minimum atomic E-state index is -3.52. The lowest BCUT2D eigenvalue weighted by molar-refractivity contribution is 0.0765.